The Hall–Kier alpha value is -1.53. The molecule has 1 fully saturated rings. The van der Waals surface area contributed by atoms with E-state index in [0.717, 1.165) is 29.7 Å². The average Bonchev–Trinajstić information content (AvgIpc) is 2.95. The van der Waals surface area contributed by atoms with Crippen LogP contribution >= 0.6 is 11.3 Å². The minimum atomic E-state index is 0.289. The van der Waals surface area contributed by atoms with Crippen LogP contribution in [0.5, 0.6) is 0 Å². The molecule has 1 aliphatic heterocycles. The van der Waals surface area contributed by atoms with Gasteiger partial charge in [-0.3, -0.25) is 0 Å². The number of nitrogens with one attached hydrogen (secondary N) is 1. The number of hydrogen-bond acceptors (Lipinski definition) is 6. The molecule has 21 heavy (non-hydrogen) atoms. The van der Waals surface area contributed by atoms with Crippen molar-refractivity contribution in [3.8, 4) is 0 Å². The van der Waals surface area contributed by atoms with Gasteiger partial charge in [0.1, 0.15) is 0 Å². The fourth-order valence-electron chi connectivity index (χ4n) is 2.77. The van der Waals surface area contributed by atoms with Crippen molar-refractivity contribution in [1.29, 1.82) is 0 Å². The fourth-order valence-corrected chi connectivity index (χ4v) is 3.47. The summed E-state index contributed by atoms with van der Waals surface area (Å²) in [5.41, 5.74) is 1.14. The first-order valence-corrected chi connectivity index (χ1v) is 8.30. The molecular weight excluding hydrogens is 282 g/mol. The molecule has 2 aromatic heterocycles. The van der Waals surface area contributed by atoms with Gasteiger partial charge in [0.2, 0.25) is 5.95 Å². The van der Waals surface area contributed by atoms with E-state index < -0.39 is 0 Å². The lowest BCUT2D eigenvalue weighted by Crippen LogP contribution is -2.47. The van der Waals surface area contributed by atoms with Gasteiger partial charge in [-0.2, -0.15) is 0 Å². The summed E-state index contributed by atoms with van der Waals surface area (Å²) in [4.78, 5) is 15.5. The van der Waals surface area contributed by atoms with E-state index in [4.69, 9.17) is 0 Å². The van der Waals surface area contributed by atoms with Crippen LogP contribution in [0, 0.1) is 6.92 Å². The minimum Gasteiger partial charge on any atom is -0.339 e. The van der Waals surface area contributed by atoms with Crippen LogP contribution in [0.2, 0.25) is 0 Å². The predicted octanol–water partition coefficient (Wildman–Crippen LogP) is 2.56. The molecule has 0 spiro atoms. The Morgan fingerprint density at radius 3 is 2.90 bits per heavy atom. The van der Waals surface area contributed by atoms with E-state index in [1.54, 1.807) is 23.7 Å². The van der Waals surface area contributed by atoms with Crippen molar-refractivity contribution in [2.75, 3.05) is 18.0 Å². The van der Waals surface area contributed by atoms with Gasteiger partial charge in [-0.25, -0.2) is 15.0 Å². The second-order valence-electron chi connectivity index (χ2n) is 5.51. The lowest BCUT2D eigenvalue weighted by molar-refractivity contribution is 0.383. The maximum absolute atomic E-state index is 4.57. The predicted molar refractivity (Wildman–Crippen MR) is 85.7 cm³/mol. The number of thiazole rings is 1. The maximum atomic E-state index is 4.57. The number of nitrogens with zero attached hydrogens (tertiary/aromatic N) is 4. The molecule has 3 rings (SSSR count). The van der Waals surface area contributed by atoms with E-state index in [0.29, 0.717) is 6.04 Å². The Balaban J connectivity index is 1.61. The molecule has 0 aromatic carbocycles. The van der Waals surface area contributed by atoms with Crippen LogP contribution in [0.15, 0.2) is 23.8 Å². The molecule has 0 bridgehead atoms. The summed E-state index contributed by atoms with van der Waals surface area (Å²) in [5.74, 6) is 0.834. The highest BCUT2D eigenvalue weighted by atomic mass is 32.1. The smallest absolute Gasteiger partial charge is 0.225 e. The number of hydrogen-bond donors (Lipinski definition) is 1. The van der Waals surface area contributed by atoms with E-state index in [1.165, 1.54) is 12.8 Å². The van der Waals surface area contributed by atoms with E-state index in [2.05, 4.69) is 44.4 Å². The molecule has 5 nitrogen and oxygen atoms in total. The average molecular weight is 303 g/mol. The van der Waals surface area contributed by atoms with Gasteiger partial charge in [-0.05, 0) is 32.8 Å². The molecule has 112 valence electrons. The van der Waals surface area contributed by atoms with Crippen molar-refractivity contribution >= 4 is 17.3 Å². The first-order chi connectivity index (χ1) is 10.2. The number of anilines is 1. The molecule has 2 atom stereocenters. The third-order valence-corrected chi connectivity index (χ3v) is 4.61. The third kappa shape index (κ3) is 3.57. The van der Waals surface area contributed by atoms with Crippen molar-refractivity contribution in [3.63, 3.8) is 0 Å². The summed E-state index contributed by atoms with van der Waals surface area (Å²) in [6, 6.07) is 2.60. The number of piperidine rings is 1. The first-order valence-electron chi connectivity index (χ1n) is 7.42. The largest absolute Gasteiger partial charge is 0.339 e. The van der Waals surface area contributed by atoms with Gasteiger partial charge < -0.3 is 10.2 Å². The van der Waals surface area contributed by atoms with Gasteiger partial charge in [0.05, 0.1) is 10.7 Å². The topological polar surface area (TPSA) is 53.9 Å². The fraction of sp³-hybridized carbons (Fsp3) is 0.533. The van der Waals surface area contributed by atoms with Crippen molar-refractivity contribution in [3.05, 3.63) is 34.5 Å². The summed E-state index contributed by atoms with van der Waals surface area (Å²) in [6.07, 6.45) is 5.97. The van der Waals surface area contributed by atoms with Crippen LogP contribution in [0.25, 0.3) is 0 Å². The van der Waals surface area contributed by atoms with E-state index in [9.17, 15) is 0 Å². The summed E-state index contributed by atoms with van der Waals surface area (Å²) in [6.45, 7) is 6.23. The van der Waals surface area contributed by atoms with Crippen LogP contribution in [-0.2, 0) is 0 Å². The highest BCUT2D eigenvalue weighted by Crippen LogP contribution is 2.20. The summed E-state index contributed by atoms with van der Waals surface area (Å²) >= 11 is 1.71. The molecule has 6 heteroatoms. The standard InChI is InChI=1S/C15H21N5S/c1-11(14-10-21-12(2)19-14)18-13-5-3-8-20(9-13)15-16-6-4-7-17-15/h4,6-7,10-11,13,18H,3,5,8-9H2,1-2H3. The number of aryl methyl sites for hydroxylation is 1. The lowest BCUT2D eigenvalue weighted by atomic mass is 10.0. The van der Waals surface area contributed by atoms with Crippen molar-refractivity contribution in [1.82, 2.24) is 20.3 Å². The van der Waals surface area contributed by atoms with E-state index >= 15 is 0 Å². The van der Waals surface area contributed by atoms with Gasteiger partial charge in [-0.15, -0.1) is 11.3 Å². The molecule has 0 radical (unpaired) electrons. The Morgan fingerprint density at radius 2 is 2.19 bits per heavy atom. The molecule has 1 aliphatic rings. The molecule has 3 heterocycles. The Kier molecular flexibility index (Phi) is 4.45. The van der Waals surface area contributed by atoms with E-state index in [1.807, 2.05) is 6.07 Å². The van der Waals surface area contributed by atoms with Gasteiger partial charge >= 0.3 is 0 Å². The Labute approximate surface area is 129 Å². The van der Waals surface area contributed by atoms with Gasteiger partial charge in [0, 0.05) is 42.9 Å². The Morgan fingerprint density at radius 1 is 1.38 bits per heavy atom. The van der Waals surface area contributed by atoms with E-state index in [-0.39, 0.29) is 6.04 Å². The normalized spacial score (nSPS) is 20.5. The second-order valence-corrected chi connectivity index (χ2v) is 6.58. The highest BCUT2D eigenvalue weighted by Gasteiger charge is 2.23. The van der Waals surface area contributed by atoms with Crippen molar-refractivity contribution in [2.45, 2.75) is 38.8 Å². The first kappa shape index (κ1) is 14.4. The zero-order valence-corrected chi connectivity index (χ0v) is 13.3. The molecule has 0 amide bonds. The summed E-state index contributed by atoms with van der Waals surface area (Å²) < 4.78 is 0. The zero-order valence-electron chi connectivity index (χ0n) is 12.5. The Bertz CT molecular complexity index is 570. The third-order valence-electron chi connectivity index (χ3n) is 3.82. The number of rotatable bonds is 4. The number of aromatic nitrogens is 3. The molecule has 0 saturated carbocycles. The second kappa shape index (κ2) is 6.49. The highest BCUT2D eigenvalue weighted by molar-refractivity contribution is 7.09. The molecule has 2 aromatic rings. The van der Waals surface area contributed by atoms with Crippen LogP contribution in [0.1, 0.15) is 36.5 Å². The SMILES string of the molecule is Cc1nc(C(C)NC2CCCN(c3ncccn3)C2)cs1. The summed E-state index contributed by atoms with van der Waals surface area (Å²) in [5, 5.41) is 6.97. The van der Waals surface area contributed by atoms with Crippen LogP contribution < -0.4 is 10.2 Å². The van der Waals surface area contributed by atoms with Crippen LogP contribution in [-0.4, -0.2) is 34.1 Å². The molecule has 2 unspecified atom stereocenters. The zero-order chi connectivity index (χ0) is 14.7. The molecular formula is C15H21N5S. The monoisotopic (exact) mass is 303 g/mol. The summed E-state index contributed by atoms with van der Waals surface area (Å²) in [7, 11) is 0. The lowest BCUT2D eigenvalue weighted by Gasteiger charge is -2.34. The van der Waals surface area contributed by atoms with Gasteiger partial charge in [0.15, 0.2) is 0 Å². The molecule has 1 N–H and O–H groups in total. The van der Waals surface area contributed by atoms with Gasteiger partial charge in [0.25, 0.3) is 0 Å². The molecule has 1 saturated heterocycles. The van der Waals surface area contributed by atoms with Crippen molar-refractivity contribution in [2.24, 2.45) is 0 Å². The van der Waals surface area contributed by atoms with Crippen LogP contribution in [0.4, 0.5) is 5.95 Å². The quantitative estimate of drug-likeness (QED) is 0.941. The van der Waals surface area contributed by atoms with Crippen LogP contribution in [0.3, 0.4) is 0 Å². The maximum Gasteiger partial charge on any atom is 0.225 e. The minimum absolute atomic E-state index is 0.289. The van der Waals surface area contributed by atoms with Gasteiger partial charge in [-0.1, -0.05) is 0 Å². The molecule has 0 aliphatic carbocycles. The van der Waals surface area contributed by atoms with Crippen molar-refractivity contribution < 1.29 is 0 Å².